The van der Waals surface area contributed by atoms with Gasteiger partial charge in [-0.2, -0.15) is 0 Å². The van der Waals surface area contributed by atoms with Crippen LogP contribution in [0.5, 0.6) is 0 Å². The van der Waals surface area contributed by atoms with Gasteiger partial charge in [0, 0.05) is 12.0 Å². The van der Waals surface area contributed by atoms with Crippen molar-refractivity contribution in [2.75, 3.05) is 0 Å². The minimum absolute atomic E-state index is 0. The normalized spacial score (nSPS) is 28.2. The molecule has 1 aliphatic carbocycles. The van der Waals surface area contributed by atoms with E-state index in [0.29, 0.717) is 12.8 Å². The molecule has 0 saturated carbocycles. The highest BCUT2D eigenvalue weighted by molar-refractivity contribution is 5.98. The van der Waals surface area contributed by atoms with Crippen LogP contribution in [0.4, 0.5) is 0 Å². The van der Waals surface area contributed by atoms with Crippen LogP contribution in [0.2, 0.25) is 0 Å². The fourth-order valence-electron chi connectivity index (χ4n) is 3.57. The van der Waals surface area contributed by atoms with Crippen molar-refractivity contribution in [2.24, 2.45) is 17.1 Å². The zero-order valence-electron chi connectivity index (χ0n) is 13.9. The van der Waals surface area contributed by atoms with Crippen LogP contribution in [0.15, 0.2) is 23.7 Å². The molecule has 2 aliphatic rings. The molecular weight excluding hydrogens is 338 g/mol. The molecule has 24 heavy (non-hydrogen) atoms. The van der Waals surface area contributed by atoms with Gasteiger partial charge in [0.25, 0.3) is 0 Å². The maximum atomic E-state index is 11.3. The zero-order valence-corrected chi connectivity index (χ0v) is 14.7. The highest BCUT2D eigenvalue weighted by atomic mass is 35.5. The summed E-state index contributed by atoms with van der Waals surface area (Å²) in [5.41, 5.74) is 5.61. The van der Waals surface area contributed by atoms with Crippen molar-refractivity contribution < 1.29 is 29.3 Å². The molecule has 0 saturated heterocycles. The number of ether oxygens (including phenoxy) is 2. The van der Waals surface area contributed by atoms with Crippen LogP contribution in [-0.2, 0) is 19.1 Å². The summed E-state index contributed by atoms with van der Waals surface area (Å²) in [4.78, 5) is 22.5. The van der Waals surface area contributed by atoms with Gasteiger partial charge < -0.3 is 35.0 Å². The van der Waals surface area contributed by atoms with Gasteiger partial charge in [0.1, 0.15) is 17.7 Å². The molecule has 0 radical (unpaired) electrons. The summed E-state index contributed by atoms with van der Waals surface area (Å²) in [7, 11) is 0. The predicted octanol–water partition coefficient (Wildman–Crippen LogP) is -0.408. The van der Waals surface area contributed by atoms with Crippen LogP contribution in [0.1, 0.15) is 40.0 Å². The Morgan fingerprint density at radius 3 is 2.29 bits per heavy atom. The first-order valence-electron chi connectivity index (χ1n) is 7.72. The molecule has 2 N–H and O–H groups in total. The maximum absolute atomic E-state index is 11.3. The van der Waals surface area contributed by atoms with E-state index in [1.54, 1.807) is 6.08 Å². The molecule has 136 valence electrons. The predicted molar refractivity (Wildman–Crippen MR) is 83.1 cm³/mol. The van der Waals surface area contributed by atoms with E-state index in [1.165, 1.54) is 0 Å². The van der Waals surface area contributed by atoms with E-state index >= 15 is 0 Å². The highest BCUT2D eigenvalue weighted by Gasteiger charge is 2.52. The van der Waals surface area contributed by atoms with Crippen molar-refractivity contribution in [3.05, 3.63) is 23.7 Å². The lowest BCUT2D eigenvalue weighted by Gasteiger charge is -2.41. The summed E-state index contributed by atoms with van der Waals surface area (Å²) in [5, 5.41) is 22.5. The fourth-order valence-corrected chi connectivity index (χ4v) is 3.57. The van der Waals surface area contributed by atoms with Crippen molar-refractivity contribution in [2.45, 2.75) is 51.9 Å². The lowest BCUT2D eigenvalue weighted by atomic mass is 9.65. The van der Waals surface area contributed by atoms with E-state index in [2.05, 4.69) is 0 Å². The number of halogens is 1. The average Bonchev–Trinajstić information content (AvgIpc) is 2.87. The molecule has 0 fully saturated rings. The molecule has 0 amide bonds. The Balaban J connectivity index is 0.00000288. The molecule has 0 bridgehead atoms. The van der Waals surface area contributed by atoms with Gasteiger partial charge in [-0.1, -0.05) is 19.9 Å². The standard InChI is InChI=1S/C16H23NO6.ClH/c1-4-10-12-11(6-7-15(10,5-2)8-9(3)17)22-16(23-12,13(18)19)14(20)21;/h6-7,9-10H,4-5,8,17H2,1-3H3,(H,18,19)(H,20,21);1H/p-2. The molecule has 3 unspecified atom stereocenters. The van der Waals surface area contributed by atoms with Crippen LogP contribution in [-0.4, -0.2) is 23.8 Å². The number of carboxylic acid groups (broad SMARTS) is 2. The molecule has 8 heteroatoms. The molecular formula is C16H22ClNO6-2. The van der Waals surface area contributed by atoms with Gasteiger partial charge in [-0.05, 0) is 37.7 Å². The number of aliphatic carboxylic acids is 2. The molecule has 1 heterocycles. The summed E-state index contributed by atoms with van der Waals surface area (Å²) >= 11 is 0. The largest absolute Gasteiger partial charge is 0.542 e. The SMILES string of the molecule is CCC1C2=C(C=CC1(CC)CC(C)N)OC(C(=O)[O-])(C(=O)[O-])O2.Cl. The first-order valence-corrected chi connectivity index (χ1v) is 7.72. The summed E-state index contributed by atoms with van der Waals surface area (Å²) < 4.78 is 10.3. The maximum Gasteiger partial charge on any atom is 0.335 e. The van der Waals surface area contributed by atoms with E-state index in [9.17, 15) is 19.8 Å². The Kier molecular flexibility index (Phi) is 5.95. The van der Waals surface area contributed by atoms with Crippen molar-refractivity contribution in [3.63, 3.8) is 0 Å². The Morgan fingerprint density at radius 1 is 1.29 bits per heavy atom. The third kappa shape index (κ3) is 2.98. The second-order valence-corrected chi connectivity index (χ2v) is 6.19. The Hall–Kier alpha value is -1.73. The highest BCUT2D eigenvalue weighted by Crippen LogP contribution is 2.51. The third-order valence-electron chi connectivity index (χ3n) is 4.63. The van der Waals surface area contributed by atoms with Crippen molar-refractivity contribution in [1.29, 1.82) is 0 Å². The number of carbonyl (C=O) groups is 2. The average molecular weight is 360 g/mol. The van der Waals surface area contributed by atoms with Crippen LogP contribution >= 0.6 is 12.4 Å². The minimum Gasteiger partial charge on any atom is -0.542 e. The Morgan fingerprint density at radius 2 is 1.88 bits per heavy atom. The molecule has 3 atom stereocenters. The molecule has 0 spiro atoms. The van der Waals surface area contributed by atoms with Crippen molar-refractivity contribution >= 4 is 24.3 Å². The van der Waals surface area contributed by atoms with Gasteiger partial charge in [-0.3, -0.25) is 0 Å². The topological polar surface area (TPSA) is 125 Å². The lowest BCUT2D eigenvalue weighted by molar-refractivity contribution is -0.372. The van der Waals surface area contributed by atoms with Crippen LogP contribution in [0.25, 0.3) is 0 Å². The molecule has 0 aromatic heterocycles. The second kappa shape index (κ2) is 7.03. The van der Waals surface area contributed by atoms with E-state index in [4.69, 9.17) is 15.2 Å². The quantitative estimate of drug-likeness (QED) is 0.639. The summed E-state index contributed by atoms with van der Waals surface area (Å²) in [6, 6.07) is -0.0786. The van der Waals surface area contributed by atoms with Crippen LogP contribution in [0.3, 0.4) is 0 Å². The second-order valence-electron chi connectivity index (χ2n) is 6.19. The van der Waals surface area contributed by atoms with E-state index in [-0.39, 0.29) is 41.3 Å². The van der Waals surface area contributed by atoms with Gasteiger partial charge in [-0.15, -0.1) is 12.4 Å². The molecule has 2 rings (SSSR count). The molecule has 0 aromatic carbocycles. The van der Waals surface area contributed by atoms with Gasteiger partial charge >= 0.3 is 5.79 Å². The number of hydrogen-bond acceptors (Lipinski definition) is 7. The Bertz CT molecular complexity index is 571. The van der Waals surface area contributed by atoms with Crippen LogP contribution in [0, 0.1) is 11.3 Å². The first-order chi connectivity index (χ1) is 10.7. The summed E-state index contributed by atoms with van der Waals surface area (Å²) in [6.07, 6.45) is 5.48. The molecule has 1 aliphatic heterocycles. The van der Waals surface area contributed by atoms with Gasteiger partial charge in [-0.25, -0.2) is 0 Å². The fraction of sp³-hybridized carbons (Fsp3) is 0.625. The van der Waals surface area contributed by atoms with Crippen molar-refractivity contribution in [3.8, 4) is 0 Å². The van der Waals surface area contributed by atoms with Crippen LogP contribution < -0.4 is 15.9 Å². The van der Waals surface area contributed by atoms with E-state index in [0.717, 1.165) is 6.42 Å². The molecule has 0 aromatic rings. The lowest BCUT2D eigenvalue weighted by Crippen LogP contribution is -2.60. The Labute approximate surface area is 146 Å². The van der Waals surface area contributed by atoms with Gasteiger partial charge in [0.2, 0.25) is 0 Å². The number of carbonyl (C=O) groups excluding carboxylic acids is 2. The smallest absolute Gasteiger partial charge is 0.335 e. The first kappa shape index (κ1) is 20.3. The minimum atomic E-state index is -2.93. The van der Waals surface area contributed by atoms with E-state index in [1.807, 2.05) is 26.8 Å². The van der Waals surface area contributed by atoms with Gasteiger partial charge in [0.05, 0.1) is 0 Å². The van der Waals surface area contributed by atoms with Crippen molar-refractivity contribution in [1.82, 2.24) is 0 Å². The van der Waals surface area contributed by atoms with Gasteiger partial charge in [0.15, 0.2) is 5.76 Å². The number of nitrogens with two attached hydrogens (primary N) is 1. The summed E-state index contributed by atoms with van der Waals surface area (Å²) in [5.74, 6) is -6.85. The monoisotopic (exact) mass is 359 g/mol. The zero-order chi connectivity index (χ0) is 17.4. The number of carboxylic acids is 2. The molecule has 7 nitrogen and oxygen atoms in total. The number of allylic oxidation sites excluding steroid dienone is 3. The summed E-state index contributed by atoms with van der Waals surface area (Å²) in [6.45, 7) is 5.81. The number of hydrogen-bond donors (Lipinski definition) is 1. The third-order valence-corrected chi connectivity index (χ3v) is 4.63. The number of rotatable bonds is 6. The van der Waals surface area contributed by atoms with E-state index < -0.39 is 17.7 Å².